The summed E-state index contributed by atoms with van der Waals surface area (Å²) in [6.45, 7) is 6.31. The number of unbranched alkanes of at least 4 members (excludes halogenated alkanes) is 17. The molecule has 0 aliphatic heterocycles. The molecule has 71 heavy (non-hydrogen) atoms. The minimum atomic E-state index is -0.824. The average molecular weight is 982 g/mol. The summed E-state index contributed by atoms with van der Waals surface area (Å²) < 4.78 is 16.8. The quantitative estimate of drug-likeness (QED) is 0.0262. The first kappa shape index (κ1) is 66.6. The molecule has 0 spiro atoms. The van der Waals surface area contributed by atoms with E-state index in [1.807, 2.05) is 6.08 Å². The molecule has 6 heteroatoms. The Morgan fingerprint density at radius 1 is 0.296 bits per heavy atom. The second-order valence-corrected chi connectivity index (χ2v) is 18.4. The molecule has 6 nitrogen and oxygen atoms in total. The van der Waals surface area contributed by atoms with E-state index in [2.05, 4.69) is 148 Å². The fourth-order valence-corrected chi connectivity index (χ4v) is 7.39. The second kappa shape index (κ2) is 58.1. The molecule has 0 radical (unpaired) electrons. The maximum Gasteiger partial charge on any atom is 0.306 e. The van der Waals surface area contributed by atoms with Gasteiger partial charge in [-0.1, -0.05) is 231 Å². The molecule has 1 atom stereocenters. The van der Waals surface area contributed by atoms with Crippen LogP contribution in [0.25, 0.3) is 0 Å². The van der Waals surface area contributed by atoms with Crippen molar-refractivity contribution in [2.45, 2.75) is 245 Å². The first-order valence-electron chi connectivity index (χ1n) is 28.7. The van der Waals surface area contributed by atoms with E-state index < -0.39 is 6.10 Å². The third kappa shape index (κ3) is 56.3. The maximum atomic E-state index is 12.9. The summed E-state index contributed by atoms with van der Waals surface area (Å²) in [7, 11) is 0. The predicted octanol–water partition coefficient (Wildman–Crippen LogP) is 19.4. The monoisotopic (exact) mass is 981 g/mol. The number of ether oxygens (including phenoxy) is 3. The van der Waals surface area contributed by atoms with Crippen LogP contribution < -0.4 is 0 Å². The minimum absolute atomic E-state index is 0.114. The van der Waals surface area contributed by atoms with Crippen molar-refractivity contribution in [2.24, 2.45) is 0 Å². The van der Waals surface area contributed by atoms with Gasteiger partial charge in [0.25, 0.3) is 0 Å². The van der Waals surface area contributed by atoms with E-state index in [1.54, 1.807) is 0 Å². The van der Waals surface area contributed by atoms with Crippen LogP contribution in [0.5, 0.6) is 0 Å². The Hall–Kier alpha value is -4.45. The Kier molecular flexibility index (Phi) is 54.5. The van der Waals surface area contributed by atoms with Crippen molar-refractivity contribution in [1.29, 1.82) is 0 Å². The first-order chi connectivity index (χ1) is 35.0. The standard InChI is InChI=1S/C65H104O6/c1-4-7-10-13-16-19-22-25-28-30-32-34-37-40-43-46-49-52-55-58-64(67)70-61-62(60-69-63(66)57-54-51-48-45-42-39-36-27-24-21-18-15-12-9-6-3)71-65(68)59-56-53-50-47-44-41-38-35-33-31-29-26-23-20-17-14-11-8-5-2/h7-8,10-11,16-17,19-21,24-26,28-29,32-35,40,43,49,52,62H,4-6,9,12-15,18,22-23,27,30-31,36-39,41-42,44-48,50-51,53-61H2,1-3H3/b10-7-,11-8-,19-16-,20-17-,24-21-,28-25-,29-26-,34-32-,35-33-,43-40-,52-49-. The lowest BCUT2D eigenvalue weighted by molar-refractivity contribution is -0.166. The lowest BCUT2D eigenvalue weighted by Gasteiger charge is -2.18. The molecule has 0 aromatic heterocycles. The summed E-state index contributed by atoms with van der Waals surface area (Å²) in [5, 5.41) is 0. The fraction of sp³-hybridized carbons (Fsp3) is 0.615. The predicted molar refractivity (Wildman–Crippen MR) is 306 cm³/mol. The van der Waals surface area contributed by atoms with Crippen LogP contribution in [0.4, 0.5) is 0 Å². The molecule has 0 amide bonds. The highest BCUT2D eigenvalue weighted by Gasteiger charge is 2.19. The molecule has 0 saturated carbocycles. The minimum Gasteiger partial charge on any atom is -0.462 e. The van der Waals surface area contributed by atoms with Crippen molar-refractivity contribution in [3.8, 4) is 0 Å². The van der Waals surface area contributed by atoms with E-state index in [9.17, 15) is 14.4 Å². The smallest absolute Gasteiger partial charge is 0.306 e. The van der Waals surface area contributed by atoms with Gasteiger partial charge in [0.15, 0.2) is 6.10 Å². The molecule has 1 unspecified atom stereocenters. The number of allylic oxidation sites excluding steroid dienone is 22. The van der Waals surface area contributed by atoms with E-state index in [-0.39, 0.29) is 37.5 Å². The molecular weight excluding hydrogens is 877 g/mol. The van der Waals surface area contributed by atoms with Gasteiger partial charge in [0, 0.05) is 19.3 Å². The van der Waals surface area contributed by atoms with Crippen molar-refractivity contribution in [2.75, 3.05) is 13.2 Å². The Morgan fingerprint density at radius 2 is 0.577 bits per heavy atom. The summed E-state index contributed by atoms with van der Waals surface area (Å²) in [5.41, 5.74) is 0. The van der Waals surface area contributed by atoms with Crippen LogP contribution >= 0.6 is 0 Å². The van der Waals surface area contributed by atoms with Gasteiger partial charge in [-0.25, -0.2) is 0 Å². The zero-order valence-electron chi connectivity index (χ0n) is 45.7. The Morgan fingerprint density at radius 3 is 0.958 bits per heavy atom. The molecule has 0 aromatic rings. The van der Waals surface area contributed by atoms with Gasteiger partial charge in [-0.05, 0) is 122 Å². The molecule has 0 rings (SSSR count). The normalized spacial score (nSPS) is 13.1. The third-order valence-electron chi connectivity index (χ3n) is 11.6. The van der Waals surface area contributed by atoms with Gasteiger partial charge in [0.1, 0.15) is 13.2 Å². The van der Waals surface area contributed by atoms with Crippen molar-refractivity contribution in [1.82, 2.24) is 0 Å². The highest BCUT2D eigenvalue weighted by molar-refractivity contribution is 5.71. The topological polar surface area (TPSA) is 78.9 Å². The molecule has 0 fully saturated rings. The van der Waals surface area contributed by atoms with Gasteiger partial charge in [0.2, 0.25) is 0 Å². The number of carbonyl (C=O) groups excluding carboxylic acids is 3. The summed E-state index contributed by atoms with van der Waals surface area (Å²) in [5.74, 6) is -1.02. The molecule has 0 aliphatic rings. The zero-order valence-corrected chi connectivity index (χ0v) is 45.7. The van der Waals surface area contributed by atoms with Gasteiger partial charge in [-0.15, -0.1) is 0 Å². The molecule has 0 saturated heterocycles. The Balaban J connectivity index is 4.55. The Labute approximate surface area is 436 Å². The third-order valence-corrected chi connectivity index (χ3v) is 11.6. The SMILES string of the molecule is CC/C=C\C/C=C\C/C=C\C/C=C\C/C=C\C/C=C\CCC(=O)OCC(COC(=O)CCCCCCCCC/C=C\CCCCCC)OC(=O)CCCCCCCC/C=C\C/C=C\C/C=C\C/C=C\CC. The fourth-order valence-electron chi connectivity index (χ4n) is 7.39. The number of carbonyl (C=O) groups is 3. The van der Waals surface area contributed by atoms with Crippen molar-refractivity contribution in [3.63, 3.8) is 0 Å². The summed E-state index contributed by atoms with van der Waals surface area (Å²) in [4.78, 5) is 38.2. The molecule has 0 bridgehead atoms. The average Bonchev–Trinajstić information content (AvgIpc) is 3.37. The molecule has 0 N–H and O–H groups in total. The van der Waals surface area contributed by atoms with Crippen molar-refractivity contribution >= 4 is 17.9 Å². The van der Waals surface area contributed by atoms with E-state index in [1.165, 1.54) is 77.0 Å². The number of hydrogen-bond donors (Lipinski definition) is 0. The van der Waals surface area contributed by atoms with Gasteiger partial charge in [0.05, 0.1) is 0 Å². The van der Waals surface area contributed by atoms with Crippen LogP contribution in [0, 0.1) is 0 Å². The summed E-state index contributed by atoms with van der Waals surface area (Å²) in [6, 6.07) is 0. The highest BCUT2D eigenvalue weighted by atomic mass is 16.6. The van der Waals surface area contributed by atoms with Crippen LogP contribution in [0.3, 0.4) is 0 Å². The summed E-state index contributed by atoms with van der Waals surface area (Å²) >= 11 is 0. The Bertz CT molecular complexity index is 1550. The van der Waals surface area contributed by atoms with Crippen LogP contribution in [0.2, 0.25) is 0 Å². The largest absolute Gasteiger partial charge is 0.462 e. The van der Waals surface area contributed by atoms with Crippen molar-refractivity contribution < 1.29 is 28.6 Å². The number of rotatable bonds is 50. The molecule has 0 aliphatic carbocycles. The van der Waals surface area contributed by atoms with Crippen LogP contribution in [0.1, 0.15) is 239 Å². The second-order valence-electron chi connectivity index (χ2n) is 18.4. The van der Waals surface area contributed by atoms with E-state index >= 15 is 0 Å². The maximum absolute atomic E-state index is 12.9. The molecule has 400 valence electrons. The van der Waals surface area contributed by atoms with Crippen LogP contribution in [-0.2, 0) is 28.6 Å². The van der Waals surface area contributed by atoms with Crippen molar-refractivity contribution in [3.05, 3.63) is 134 Å². The number of hydrogen-bond acceptors (Lipinski definition) is 6. The van der Waals surface area contributed by atoms with Gasteiger partial charge < -0.3 is 14.2 Å². The lowest BCUT2D eigenvalue weighted by Crippen LogP contribution is -2.30. The summed E-state index contributed by atoms with van der Waals surface area (Å²) in [6.07, 6.45) is 81.6. The van der Waals surface area contributed by atoms with Crippen LogP contribution in [-0.4, -0.2) is 37.2 Å². The highest BCUT2D eigenvalue weighted by Crippen LogP contribution is 2.14. The van der Waals surface area contributed by atoms with Crippen LogP contribution in [0.15, 0.2) is 134 Å². The van der Waals surface area contributed by atoms with Gasteiger partial charge >= 0.3 is 17.9 Å². The van der Waals surface area contributed by atoms with E-state index in [0.29, 0.717) is 19.3 Å². The molecular formula is C65H104O6. The molecule has 0 aromatic carbocycles. The lowest BCUT2D eigenvalue weighted by atomic mass is 10.1. The first-order valence-corrected chi connectivity index (χ1v) is 28.7. The zero-order chi connectivity index (χ0) is 51.4. The van der Waals surface area contributed by atoms with E-state index in [0.717, 1.165) is 116 Å². The van der Waals surface area contributed by atoms with E-state index in [4.69, 9.17) is 14.2 Å². The van der Waals surface area contributed by atoms with Gasteiger partial charge in [-0.2, -0.15) is 0 Å². The molecule has 0 heterocycles. The number of esters is 3. The van der Waals surface area contributed by atoms with Gasteiger partial charge in [-0.3, -0.25) is 14.4 Å².